The van der Waals surface area contributed by atoms with Gasteiger partial charge in [0, 0.05) is 5.56 Å². The van der Waals surface area contributed by atoms with Crippen LogP contribution in [0.1, 0.15) is 32.4 Å². The summed E-state index contributed by atoms with van der Waals surface area (Å²) in [4.78, 5) is 11.6. The van der Waals surface area contributed by atoms with Gasteiger partial charge in [0.25, 0.3) is 0 Å². The molecule has 0 saturated carbocycles. The van der Waals surface area contributed by atoms with Crippen molar-refractivity contribution in [1.29, 1.82) is 0 Å². The van der Waals surface area contributed by atoms with E-state index in [-0.39, 0.29) is 12.4 Å². The highest BCUT2D eigenvalue weighted by Gasteiger charge is 2.15. The first-order valence-electron chi connectivity index (χ1n) is 5.88. The largest absolute Gasteiger partial charge is 0.460 e. The fraction of sp³-hybridized carbons (Fsp3) is 0.357. The monoisotopic (exact) mass is 250 g/mol. The molecule has 1 atom stereocenters. The highest BCUT2D eigenvalue weighted by Crippen LogP contribution is 2.26. The van der Waals surface area contributed by atoms with Crippen molar-refractivity contribution >= 4 is 5.97 Å². The maximum absolute atomic E-state index is 11.6. The molecule has 4 heteroatoms. The molecule has 0 bridgehead atoms. The fourth-order valence-electron chi connectivity index (χ4n) is 1.46. The molecule has 0 fully saturated rings. The highest BCUT2D eigenvalue weighted by atomic mass is 16.6. The van der Waals surface area contributed by atoms with Crippen molar-refractivity contribution in [2.45, 2.75) is 26.9 Å². The molecule has 4 nitrogen and oxygen atoms in total. The second kappa shape index (κ2) is 6.81. The third-order valence-corrected chi connectivity index (χ3v) is 2.33. The normalized spacial score (nSPS) is 13.0. The van der Waals surface area contributed by atoms with Crippen LogP contribution in [0.5, 0.6) is 5.75 Å². The Morgan fingerprint density at radius 3 is 2.67 bits per heavy atom. The molecule has 98 valence electrons. The molecule has 0 saturated heterocycles. The van der Waals surface area contributed by atoms with E-state index in [0.717, 1.165) is 0 Å². The summed E-state index contributed by atoms with van der Waals surface area (Å²) in [6.45, 7) is 5.35. The van der Waals surface area contributed by atoms with Crippen LogP contribution in [0.3, 0.4) is 0 Å². The van der Waals surface area contributed by atoms with E-state index in [9.17, 15) is 9.90 Å². The Morgan fingerprint density at radius 1 is 1.44 bits per heavy atom. The molecule has 0 radical (unpaired) electrons. The van der Waals surface area contributed by atoms with Crippen LogP contribution in [-0.2, 0) is 9.53 Å². The average Bonchev–Trinajstić information content (AvgIpc) is 2.36. The number of carbonyl (C=O) groups excluding carboxylic acids is 1. The van der Waals surface area contributed by atoms with E-state index in [1.807, 2.05) is 0 Å². The molecule has 0 aliphatic carbocycles. The molecule has 0 amide bonds. The molecule has 18 heavy (non-hydrogen) atoms. The van der Waals surface area contributed by atoms with E-state index in [0.29, 0.717) is 11.3 Å². The minimum Gasteiger partial charge on any atom is -0.460 e. The second-order valence-corrected chi connectivity index (χ2v) is 3.69. The topological polar surface area (TPSA) is 55.8 Å². The Kier molecular flexibility index (Phi) is 5.39. The summed E-state index contributed by atoms with van der Waals surface area (Å²) < 4.78 is 10.4. The van der Waals surface area contributed by atoms with Gasteiger partial charge in [-0.1, -0.05) is 18.2 Å². The third kappa shape index (κ3) is 3.60. The quantitative estimate of drug-likeness (QED) is 0.496. The van der Waals surface area contributed by atoms with Gasteiger partial charge in [-0.3, -0.25) is 0 Å². The smallest absolute Gasteiger partial charge is 0.373 e. The molecule has 1 unspecified atom stereocenters. The number of benzene rings is 1. The van der Waals surface area contributed by atoms with E-state index in [2.05, 4.69) is 0 Å². The van der Waals surface area contributed by atoms with Gasteiger partial charge in [-0.15, -0.1) is 0 Å². The summed E-state index contributed by atoms with van der Waals surface area (Å²) in [5, 5.41) is 9.62. The SMILES string of the molecule is C/C=C(\Oc1ccccc1C(C)O)C(=O)OCC. The summed E-state index contributed by atoms with van der Waals surface area (Å²) in [5.74, 6) is 0.0546. The lowest BCUT2D eigenvalue weighted by Gasteiger charge is -2.14. The van der Waals surface area contributed by atoms with E-state index in [1.165, 1.54) is 6.08 Å². The number of carbonyl (C=O) groups is 1. The zero-order valence-corrected chi connectivity index (χ0v) is 10.8. The standard InChI is InChI=1S/C14H18O4/c1-4-12(14(16)17-5-2)18-13-9-7-6-8-11(13)10(3)15/h4,6-10,15H,5H2,1-3H3/b12-4-. The van der Waals surface area contributed by atoms with Crippen LogP contribution < -0.4 is 4.74 Å². The number of rotatable bonds is 5. The number of hydrogen-bond acceptors (Lipinski definition) is 4. The zero-order valence-electron chi connectivity index (χ0n) is 10.8. The predicted octanol–water partition coefficient (Wildman–Crippen LogP) is 2.59. The number of ether oxygens (including phenoxy) is 2. The van der Waals surface area contributed by atoms with E-state index >= 15 is 0 Å². The molecule has 0 aliphatic rings. The molecule has 0 spiro atoms. The number of para-hydroxylation sites is 1. The molecule has 1 N–H and O–H groups in total. The van der Waals surface area contributed by atoms with Crippen LogP contribution in [0.15, 0.2) is 36.1 Å². The van der Waals surface area contributed by atoms with Gasteiger partial charge in [-0.25, -0.2) is 4.79 Å². The Morgan fingerprint density at radius 2 is 2.11 bits per heavy atom. The van der Waals surface area contributed by atoms with Gasteiger partial charge in [-0.05, 0) is 32.9 Å². The van der Waals surface area contributed by atoms with Gasteiger partial charge < -0.3 is 14.6 Å². The molecule has 1 aromatic carbocycles. The van der Waals surface area contributed by atoms with Crippen LogP contribution in [0.4, 0.5) is 0 Å². The summed E-state index contributed by atoms with van der Waals surface area (Å²) in [5.41, 5.74) is 0.626. The minimum absolute atomic E-state index is 0.116. The first kappa shape index (κ1) is 14.3. The maximum Gasteiger partial charge on any atom is 0.373 e. The molecule has 0 aromatic heterocycles. The van der Waals surface area contributed by atoms with Gasteiger partial charge >= 0.3 is 5.97 Å². The van der Waals surface area contributed by atoms with Crippen molar-refractivity contribution < 1.29 is 19.4 Å². The van der Waals surface area contributed by atoms with Gasteiger partial charge in [0.2, 0.25) is 5.76 Å². The van der Waals surface area contributed by atoms with E-state index < -0.39 is 12.1 Å². The Balaban J connectivity index is 2.92. The predicted molar refractivity (Wildman–Crippen MR) is 68.1 cm³/mol. The minimum atomic E-state index is -0.665. The summed E-state index contributed by atoms with van der Waals surface area (Å²) in [6, 6.07) is 7.03. The lowest BCUT2D eigenvalue weighted by molar-refractivity contribution is -0.141. The van der Waals surface area contributed by atoms with Gasteiger partial charge in [-0.2, -0.15) is 0 Å². The molecular weight excluding hydrogens is 232 g/mol. The van der Waals surface area contributed by atoms with Gasteiger partial charge in [0.15, 0.2) is 0 Å². The molecule has 1 aromatic rings. The van der Waals surface area contributed by atoms with E-state index in [4.69, 9.17) is 9.47 Å². The Labute approximate surface area is 107 Å². The second-order valence-electron chi connectivity index (χ2n) is 3.69. The first-order valence-corrected chi connectivity index (χ1v) is 5.88. The lowest BCUT2D eigenvalue weighted by atomic mass is 10.1. The van der Waals surface area contributed by atoms with Crippen molar-refractivity contribution in [3.8, 4) is 5.75 Å². The summed E-state index contributed by atoms with van der Waals surface area (Å²) >= 11 is 0. The third-order valence-electron chi connectivity index (χ3n) is 2.33. The van der Waals surface area contributed by atoms with Crippen LogP contribution >= 0.6 is 0 Å². The lowest BCUT2D eigenvalue weighted by Crippen LogP contribution is -2.13. The van der Waals surface area contributed by atoms with Crippen molar-refractivity contribution in [1.82, 2.24) is 0 Å². The number of aliphatic hydroxyl groups is 1. The van der Waals surface area contributed by atoms with Gasteiger partial charge in [0.05, 0.1) is 12.7 Å². The maximum atomic E-state index is 11.6. The number of hydrogen-bond donors (Lipinski definition) is 1. The number of esters is 1. The van der Waals surface area contributed by atoms with E-state index in [1.54, 1.807) is 45.0 Å². The molecule has 0 aliphatic heterocycles. The van der Waals surface area contributed by atoms with Crippen LogP contribution in [0.2, 0.25) is 0 Å². The Bertz CT molecular complexity index is 435. The molecule has 0 heterocycles. The molecular formula is C14H18O4. The van der Waals surface area contributed by atoms with Gasteiger partial charge in [0.1, 0.15) is 5.75 Å². The zero-order chi connectivity index (χ0) is 13.5. The fourth-order valence-corrected chi connectivity index (χ4v) is 1.46. The Hall–Kier alpha value is -1.81. The van der Waals surface area contributed by atoms with Crippen LogP contribution in [0.25, 0.3) is 0 Å². The van der Waals surface area contributed by atoms with Crippen LogP contribution in [-0.4, -0.2) is 17.7 Å². The molecule has 1 rings (SSSR count). The van der Waals surface area contributed by atoms with Crippen LogP contribution in [0, 0.1) is 0 Å². The van der Waals surface area contributed by atoms with Crippen molar-refractivity contribution in [2.75, 3.05) is 6.61 Å². The number of allylic oxidation sites excluding steroid dienone is 1. The highest BCUT2D eigenvalue weighted by molar-refractivity contribution is 5.86. The summed E-state index contributed by atoms with van der Waals surface area (Å²) in [7, 11) is 0. The van der Waals surface area contributed by atoms with Crippen molar-refractivity contribution in [3.05, 3.63) is 41.7 Å². The average molecular weight is 250 g/mol. The number of aliphatic hydroxyl groups excluding tert-OH is 1. The first-order chi connectivity index (χ1) is 8.60. The van der Waals surface area contributed by atoms with Crippen molar-refractivity contribution in [2.24, 2.45) is 0 Å². The van der Waals surface area contributed by atoms with Crippen molar-refractivity contribution in [3.63, 3.8) is 0 Å². The summed E-state index contributed by atoms with van der Waals surface area (Å²) in [6.07, 6.45) is 0.873.